The first-order valence-electron chi connectivity index (χ1n) is 19.7. The summed E-state index contributed by atoms with van der Waals surface area (Å²) in [6.07, 6.45) is 47.7. The summed E-state index contributed by atoms with van der Waals surface area (Å²) in [7, 11) is 0. The molecule has 0 atom stereocenters. The van der Waals surface area contributed by atoms with Crippen LogP contribution in [0.3, 0.4) is 0 Å². The van der Waals surface area contributed by atoms with Gasteiger partial charge in [-0.25, -0.2) is 0 Å². The summed E-state index contributed by atoms with van der Waals surface area (Å²) in [6, 6.07) is 0. The van der Waals surface area contributed by atoms with Crippen molar-refractivity contribution in [2.75, 3.05) is 0 Å². The minimum absolute atomic E-state index is 0.0790. The lowest BCUT2D eigenvalue weighted by Gasteiger charge is -2.05. The number of hydrogen-bond donors (Lipinski definition) is 1. The van der Waals surface area contributed by atoms with Crippen LogP contribution in [-0.2, 0) is 9.59 Å². The van der Waals surface area contributed by atoms with Crippen LogP contribution in [0.4, 0.5) is 0 Å². The molecule has 0 saturated heterocycles. The van der Waals surface area contributed by atoms with Crippen LogP contribution in [0.5, 0.6) is 0 Å². The molecule has 1 N–H and O–H groups in total. The third-order valence-electron chi connectivity index (χ3n) is 8.95. The Morgan fingerprint density at radius 3 is 0.860 bits per heavy atom. The Labute approximate surface area is 270 Å². The van der Waals surface area contributed by atoms with E-state index in [-0.39, 0.29) is 11.8 Å². The molecule has 0 aliphatic carbocycles. The Kier molecular flexibility index (Phi) is 36.1. The van der Waals surface area contributed by atoms with Crippen LogP contribution in [-0.4, -0.2) is 11.8 Å². The van der Waals surface area contributed by atoms with Crippen LogP contribution in [0.25, 0.3) is 0 Å². The van der Waals surface area contributed by atoms with Gasteiger partial charge in [0.1, 0.15) is 0 Å². The van der Waals surface area contributed by atoms with E-state index in [2.05, 4.69) is 31.3 Å². The number of carbonyl (C=O) groups excluding carboxylic acids is 2. The van der Waals surface area contributed by atoms with Gasteiger partial charge < -0.3 is 0 Å². The highest BCUT2D eigenvalue weighted by molar-refractivity contribution is 5.95. The lowest BCUT2D eigenvalue weighted by atomic mass is 10.0. The molecule has 2 amide bonds. The average molecular weight is 604 g/mol. The molecule has 254 valence electrons. The summed E-state index contributed by atoms with van der Waals surface area (Å²) in [5.41, 5.74) is 0. The molecule has 0 rings (SSSR count). The topological polar surface area (TPSA) is 46.2 Å². The van der Waals surface area contributed by atoms with E-state index in [4.69, 9.17) is 0 Å². The Morgan fingerprint density at radius 1 is 0.349 bits per heavy atom. The van der Waals surface area contributed by atoms with Crippen molar-refractivity contribution in [3.63, 3.8) is 0 Å². The van der Waals surface area contributed by atoms with Gasteiger partial charge >= 0.3 is 0 Å². The molecule has 0 heterocycles. The van der Waals surface area contributed by atoms with Gasteiger partial charge in [0.15, 0.2) is 0 Å². The van der Waals surface area contributed by atoms with Crippen molar-refractivity contribution in [2.45, 2.75) is 232 Å². The maximum absolute atomic E-state index is 12.1. The number of nitrogens with one attached hydrogen (secondary N) is 1. The molecule has 0 aromatic heterocycles. The molecule has 0 aromatic carbocycles. The largest absolute Gasteiger partial charge is 0.296 e. The highest BCUT2D eigenvalue weighted by Crippen LogP contribution is 2.15. The van der Waals surface area contributed by atoms with Crippen molar-refractivity contribution in [2.24, 2.45) is 0 Å². The van der Waals surface area contributed by atoms with Gasteiger partial charge in [-0.3, -0.25) is 14.9 Å². The van der Waals surface area contributed by atoms with Gasteiger partial charge in [0, 0.05) is 12.8 Å². The zero-order valence-electron chi connectivity index (χ0n) is 29.5. The summed E-state index contributed by atoms with van der Waals surface area (Å²) in [6.45, 7) is 4.56. The minimum atomic E-state index is -0.0829. The molecule has 0 saturated carbocycles. The van der Waals surface area contributed by atoms with Gasteiger partial charge in [-0.05, 0) is 38.5 Å². The molecule has 0 aliphatic heterocycles. The molecule has 0 unspecified atom stereocenters. The van der Waals surface area contributed by atoms with Crippen LogP contribution in [0.2, 0.25) is 0 Å². The molecule has 3 heteroatoms. The quantitative estimate of drug-likeness (QED) is 0.0578. The molecule has 0 spiro atoms. The first-order chi connectivity index (χ1) is 21.2. The van der Waals surface area contributed by atoms with Gasteiger partial charge in [-0.1, -0.05) is 193 Å². The average Bonchev–Trinajstić information content (AvgIpc) is 3.00. The minimum Gasteiger partial charge on any atom is -0.296 e. The van der Waals surface area contributed by atoms with E-state index in [9.17, 15) is 9.59 Å². The van der Waals surface area contributed by atoms with E-state index in [1.807, 2.05) is 0 Å². The van der Waals surface area contributed by atoms with E-state index in [1.54, 1.807) is 0 Å². The summed E-state index contributed by atoms with van der Waals surface area (Å²) in [4.78, 5) is 24.1. The summed E-state index contributed by atoms with van der Waals surface area (Å²) >= 11 is 0. The normalized spacial score (nSPS) is 11.5. The van der Waals surface area contributed by atoms with Crippen molar-refractivity contribution in [3.05, 3.63) is 12.2 Å². The van der Waals surface area contributed by atoms with Gasteiger partial charge in [-0.2, -0.15) is 0 Å². The fourth-order valence-corrected chi connectivity index (χ4v) is 6.00. The van der Waals surface area contributed by atoms with Crippen molar-refractivity contribution < 1.29 is 9.59 Å². The molecule has 0 aliphatic rings. The van der Waals surface area contributed by atoms with Gasteiger partial charge in [-0.15, -0.1) is 0 Å². The molecule has 0 radical (unpaired) electrons. The predicted molar refractivity (Wildman–Crippen MR) is 191 cm³/mol. The number of allylic oxidation sites excluding steroid dienone is 2. The lowest BCUT2D eigenvalue weighted by Crippen LogP contribution is -2.29. The molecule has 0 bridgehead atoms. The number of amides is 2. The fraction of sp³-hybridized carbons (Fsp3) is 0.900. The van der Waals surface area contributed by atoms with Crippen molar-refractivity contribution in [1.29, 1.82) is 0 Å². The molecule has 3 nitrogen and oxygen atoms in total. The first kappa shape index (κ1) is 41.9. The molecular weight excluding hydrogens is 526 g/mol. The standard InChI is InChI=1S/C40H77NO2/c1-3-5-7-9-11-13-15-17-19-20-21-22-24-26-28-30-32-34-36-38-40(43)41-39(42)37-35-33-31-29-27-25-23-18-16-14-12-10-8-6-4-2/h18,23H,3-17,19-22,24-38H2,1-2H3,(H,41,42,43). The first-order valence-corrected chi connectivity index (χ1v) is 19.7. The number of carbonyl (C=O) groups is 2. The molecule has 43 heavy (non-hydrogen) atoms. The number of rotatable bonds is 35. The maximum atomic E-state index is 12.1. The maximum Gasteiger partial charge on any atom is 0.226 e. The monoisotopic (exact) mass is 604 g/mol. The summed E-state index contributed by atoms with van der Waals surface area (Å²) < 4.78 is 0. The van der Waals surface area contributed by atoms with Crippen LogP contribution in [0.15, 0.2) is 12.2 Å². The van der Waals surface area contributed by atoms with Crippen molar-refractivity contribution >= 4 is 11.8 Å². The highest BCUT2D eigenvalue weighted by Gasteiger charge is 2.07. The molecule has 0 aromatic rings. The summed E-state index contributed by atoms with van der Waals surface area (Å²) in [5, 5.41) is 2.60. The molecular formula is C40H77NO2. The smallest absolute Gasteiger partial charge is 0.226 e. The van der Waals surface area contributed by atoms with Gasteiger partial charge in [0.2, 0.25) is 11.8 Å². The second-order valence-corrected chi connectivity index (χ2v) is 13.4. The van der Waals surface area contributed by atoms with E-state index < -0.39 is 0 Å². The zero-order valence-corrected chi connectivity index (χ0v) is 29.5. The fourth-order valence-electron chi connectivity index (χ4n) is 6.00. The van der Waals surface area contributed by atoms with Crippen molar-refractivity contribution in [3.8, 4) is 0 Å². The third-order valence-corrected chi connectivity index (χ3v) is 8.95. The third kappa shape index (κ3) is 37.0. The van der Waals surface area contributed by atoms with Crippen molar-refractivity contribution in [1.82, 2.24) is 5.32 Å². The van der Waals surface area contributed by atoms with Gasteiger partial charge in [0.05, 0.1) is 0 Å². The number of hydrogen-bond acceptors (Lipinski definition) is 2. The van der Waals surface area contributed by atoms with Crippen LogP contribution < -0.4 is 5.32 Å². The Balaban J connectivity index is 3.30. The van der Waals surface area contributed by atoms with Gasteiger partial charge in [0.25, 0.3) is 0 Å². The second-order valence-electron chi connectivity index (χ2n) is 13.4. The lowest BCUT2D eigenvalue weighted by molar-refractivity contribution is -0.130. The van der Waals surface area contributed by atoms with E-state index >= 15 is 0 Å². The van der Waals surface area contributed by atoms with E-state index in [0.29, 0.717) is 12.8 Å². The molecule has 0 fully saturated rings. The van der Waals surface area contributed by atoms with Crippen LogP contribution in [0.1, 0.15) is 232 Å². The predicted octanol–water partition coefficient (Wildman–Crippen LogP) is 13.5. The highest BCUT2D eigenvalue weighted by atomic mass is 16.2. The number of unbranched alkanes of at least 4 members (excludes halogenated alkanes) is 29. The zero-order chi connectivity index (χ0) is 31.3. The second kappa shape index (κ2) is 37.1. The van der Waals surface area contributed by atoms with Crippen LogP contribution >= 0.6 is 0 Å². The Hall–Kier alpha value is -1.12. The van der Waals surface area contributed by atoms with E-state index in [0.717, 1.165) is 25.7 Å². The Bertz CT molecular complexity index is 599. The summed E-state index contributed by atoms with van der Waals surface area (Å²) in [5.74, 6) is -0.162. The number of imide groups is 1. The Morgan fingerprint density at radius 2 is 0.581 bits per heavy atom. The SMILES string of the molecule is CCCCCCCCC=CCCCCCCCC(=O)NC(=O)CCCCCCCCCCCCCCCCCCCCC. The van der Waals surface area contributed by atoms with E-state index in [1.165, 1.54) is 180 Å². The van der Waals surface area contributed by atoms with Crippen LogP contribution in [0, 0.1) is 0 Å².